The van der Waals surface area contributed by atoms with Crippen LogP contribution in [-0.2, 0) is 19.1 Å². The third-order valence-corrected chi connectivity index (χ3v) is 12.9. The highest BCUT2D eigenvalue weighted by Crippen LogP contribution is 2.71. The summed E-state index contributed by atoms with van der Waals surface area (Å²) in [5.41, 5.74) is 0.690. The van der Waals surface area contributed by atoms with Gasteiger partial charge in [0.05, 0.1) is 0 Å². The van der Waals surface area contributed by atoms with Crippen LogP contribution in [0, 0.1) is 50.7 Å². The molecule has 0 spiro atoms. The molecule has 0 aromatic heterocycles. The van der Waals surface area contributed by atoms with Crippen molar-refractivity contribution in [3.05, 3.63) is 11.6 Å². The Bertz CT molecular complexity index is 1050. The highest BCUT2D eigenvalue weighted by molar-refractivity contribution is 7.78. The van der Waals surface area contributed by atoms with Crippen LogP contribution < -0.4 is 4.72 Å². The van der Waals surface area contributed by atoms with Gasteiger partial charge < -0.3 is 9.46 Å². The normalized spacial score (nSPS) is 48.4. The molecule has 0 aromatic rings. The molecule has 1 amide bonds. The number of carbonyl (C=O) groups is 3. The number of thiol groups is 1. The second-order valence-electron chi connectivity index (χ2n) is 15.0. The van der Waals surface area contributed by atoms with Gasteiger partial charge in [-0.2, -0.15) is 0 Å². The lowest BCUT2D eigenvalue weighted by molar-refractivity contribution is -0.200. The van der Waals surface area contributed by atoms with Gasteiger partial charge >= 0.3 is 5.97 Å². The molecule has 9 atom stereocenters. The molecule has 0 heterocycles. The minimum absolute atomic E-state index is 0.00613. The summed E-state index contributed by atoms with van der Waals surface area (Å²) in [6, 6.07) is 0. The average Bonchev–Trinajstić information content (AvgIpc) is 2.80. The Kier molecular flexibility index (Phi) is 6.34. The first-order valence-corrected chi connectivity index (χ1v) is 14.9. The number of esters is 1. The summed E-state index contributed by atoms with van der Waals surface area (Å²) >= 11 is 4.10. The van der Waals surface area contributed by atoms with Crippen molar-refractivity contribution in [1.29, 1.82) is 0 Å². The maximum atomic E-state index is 14.3. The van der Waals surface area contributed by atoms with Gasteiger partial charge in [-0.05, 0) is 97.9 Å². The molecule has 0 saturated heterocycles. The van der Waals surface area contributed by atoms with Crippen LogP contribution in [0.1, 0.15) is 106 Å². The number of carbonyl (C=O) groups excluding carboxylic acids is 3. The second kappa shape index (κ2) is 8.60. The average molecular weight is 530 g/mol. The van der Waals surface area contributed by atoms with E-state index < -0.39 is 5.41 Å². The molecule has 0 bridgehead atoms. The highest BCUT2D eigenvalue weighted by atomic mass is 32.1. The molecule has 5 nitrogen and oxygen atoms in total. The number of amides is 1. The van der Waals surface area contributed by atoms with Crippen LogP contribution in [0.5, 0.6) is 0 Å². The third kappa shape index (κ3) is 3.81. The van der Waals surface area contributed by atoms with E-state index in [0.29, 0.717) is 17.6 Å². The lowest BCUT2D eigenvalue weighted by Gasteiger charge is -2.67. The molecule has 6 heteroatoms. The quantitative estimate of drug-likeness (QED) is 0.318. The number of ether oxygens (including phenoxy) is 1. The van der Waals surface area contributed by atoms with E-state index >= 15 is 0 Å². The standard InChI is InChI=1S/C31H47NO4S/c1-18(33)36-24-10-13-31(7)23(27(24,2)3)9-12-30(6)20-8-11-28(4)14-15-29(5,26(35)32-37)17-21(28)19(20)16-22(34)25(30)31/h16,20-21,23-25,37H,8-15,17H2,1-7H3,(H,32,35)/t20?,21-,23-,24-,25-,28-,29-,30-,31-/m0/s1. The third-order valence-electron chi connectivity index (χ3n) is 12.7. The van der Waals surface area contributed by atoms with Crippen molar-refractivity contribution < 1.29 is 19.1 Å². The molecule has 1 unspecified atom stereocenters. The number of nitrogens with one attached hydrogen (secondary N) is 1. The molecular weight excluding hydrogens is 482 g/mol. The van der Waals surface area contributed by atoms with E-state index in [-0.39, 0.29) is 51.5 Å². The molecule has 0 aliphatic heterocycles. The van der Waals surface area contributed by atoms with Crippen molar-refractivity contribution in [1.82, 2.24) is 4.72 Å². The minimum atomic E-state index is -0.446. The van der Waals surface area contributed by atoms with Crippen LogP contribution in [0.4, 0.5) is 0 Å². The van der Waals surface area contributed by atoms with Crippen LogP contribution >= 0.6 is 12.8 Å². The summed E-state index contributed by atoms with van der Waals surface area (Å²) in [7, 11) is 0. The molecule has 4 fully saturated rings. The Hall–Kier alpha value is -1.30. The Balaban J connectivity index is 1.53. The molecule has 37 heavy (non-hydrogen) atoms. The molecule has 0 aromatic carbocycles. The maximum Gasteiger partial charge on any atom is 0.302 e. The van der Waals surface area contributed by atoms with Gasteiger partial charge in [0.15, 0.2) is 5.78 Å². The van der Waals surface area contributed by atoms with Crippen LogP contribution in [-0.4, -0.2) is 23.8 Å². The van der Waals surface area contributed by atoms with E-state index in [1.54, 1.807) is 0 Å². The van der Waals surface area contributed by atoms with Gasteiger partial charge in [-0.3, -0.25) is 14.4 Å². The topological polar surface area (TPSA) is 72.5 Å². The van der Waals surface area contributed by atoms with E-state index in [4.69, 9.17) is 4.74 Å². The van der Waals surface area contributed by atoms with E-state index in [2.05, 4.69) is 65.2 Å². The van der Waals surface area contributed by atoms with Crippen molar-refractivity contribution in [2.24, 2.45) is 50.7 Å². The van der Waals surface area contributed by atoms with E-state index in [1.807, 2.05) is 0 Å². The zero-order valence-electron chi connectivity index (χ0n) is 23.9. The summed E-state index contributed by atoms with van der Waals surface area (Å²) in [6.07, 6.45) is 10.8. The zero-order valence-corrected chi connectivity index (χ0v) is 24.8. The van der Waals surface area contributed by atoms with Crippen molar-refractivity contribution in [3.8, 4) is 0 Å². The number of rotatable bonds is 2. The summed E-state index contributed by atoms with van der Waals surface area (Å²) in [6.45, 7) is 15.2. The van der Waals surface area contributed by atoms with Crippen molar-refractivity contribution in [3.63, 3.8) is 0 Å². The monoisotopic (exact) mass is 529 g/mol. The van der Waals surface area contributed by atoms with Crippen LogP contribution in [0.25, 0.3) is 0 Å². The Morgan fingerprint density at radius 3 is 2.24 bits per heavy atom. The number of fused-ring (bicyclic) bond motifs is 7. The molecule has 5 aliphatic rings. The second-order valence-corrected chi connectivity index (χ2v) is 15.3. The first-order valence-electron chi connectivity index (χ1n) is 14.5. The summed E-state index contributed by atoms with van der Waals surface area (Å²) in [4.78, 5) is 39.0. The first-order chi connectivity index (χ1) is 17.1. The van der Waals surface area contributed by atoms with E-state index in [9.17, 15) is 14.4 Å². The SMILES string of the molecule is CC(=O)O[C@H]1CC[C@]2(C)[C@H]3C(=O)C=C4C(CC[C@@]5(C)CC[C@](C)(C(=O)NS)C[C@@H]45)[C@]3(C)CC[C@H]2C1(C)C. The van der Waals surface area contributed by atoms with E-state index in [1.165, 1.54) is 12.5 Å². The number of hydrogen-bond acceptors (Lipinski definition) is 5. The summed E-state index contributed by atoms with van der Waals surface area (Å²) in [5.74, 6) is 1.08. The van der Waals surface area contributed by atoms with Gasteiger partial charge in [0.25, 0.3) is 0 Å². The predicted octanol–water partition coefficient (Wildman–Crippen LogP) is 6.47. The van der Waals surface area contributed by atoms with Crippen molar-refractivity contribution in [2.75, 3.05) is 0 Å². The Morgan fingerprint density at radius 1 is 0.919 bits per heavy atom. The fraction of sp³-hybridized carbons (Fsp3) is 0.839. The zero-order chi connectivity index (χ0) is 27.2. The van der Waals surface area contributed by atoms with Gasteiger partial charge in [0.1, 0.15) is 6.10 Å². The number of hydrogen-bond donors (Lipinski definition) is 2. The smallest absolute Gasteiger partial charge is 0.302 e. The van der Waals surface area contributed by atoms with Crippen molar-refractivity contribution >= 4 is 30.5 Å². The van der Waals surface area contributed by atoms with Crippen molar-refractivity contribution in [2.45, 2.75) is 112 Å². The summed E-state index contributed by atoms with van der Waals surface area (Å²) < 4.78 is 8.43. The maximum absolute atomic E-state index is 14.3. The fourth-order valence-electron chi connectivity index (χ4n) is 10.6. The van der Waals surface area contributed by atoms with Gasteiger partial charge in [-0.25, -0.2) is 0 Å². The summed E-state index contributed by atoms with van der Waals surface area (Å²) in [5, 5.41) is 0. The Morgan fingerprint density at radius 2 is 1.59 bits per heavy atom. The molecule has 0 radical (unpaired) electrons. The number of ketones is 1. The van der Waals surface area contributed by atoms with E-state index in [0.717, 1.165) is 57.8 Å². The van der Waals surface area contributed by atoms with Gasteiger partial charge in [-0.1, -0.05) is 59.9 Å². The van der Waals surface area contributed by atoms with Crippen LogP contribution in [0.15, 0.2) is 11.6 Å². The molecule has 4 saturated carbocycles. The lowest BCUT2D eigenvalue weighted by Crippen LogP contribution is -2.64. The highest BCUT2D eigenvalue weighted by Gasteiger charge is 2.67. The minimum Gasteiger partial charge on any atom is -0.462 e. The van der Waals surface area contributed by atoms with Crippen LogP contribution in [0.2, 0.25) is 0 Å². The molecule has 1 N–H and O–H groups in total. The first kappa shape index (κ1) is 27.3. The van der Waals surface area contributed by atoms with Gasteiger partial charge in [-0.15, -0.1) is 0 Å². The lowest BCUT2D eigenvalue weighted by atomic mass is 9.37. The molecular formula is C31H47NO4S. The largest absolute Gasteiger partial charge is 0.462 e. The number of allylic oxidation sites excluding steroid dienone is 2. The Labute approximate surface area is 228 Å². The molecule has 5 rings (SSSR count). The predicted molar refractivity (Wildman–Crippen MR) is 147 cm³/mol. The molecule has 206 valence electrons. The van der Waals surface area contributed by atoms with Gasteiger partial charge in [0.2, 0.25) is 5.91 Å². The van der Waals surface area contributed by atoms with Gasteiger partial charge in [0, 0.05) is 23.7 Å². The molecule has 5 aliphatic carbocycles. The van der Waals surface area contributed by atoms with Crippen LogP contribution in [0.3, 0.4) is 0 Å². The fourth-order valence-corrected chi connectivity index (χ4v) is 10.9.